The minimum Gasteiger partial charge on any atom is -0.459 e. The van der Waals surface area contributed by atoms with Gasteiger partial charge in [0.1, 0.15) is 0 Å². The van der Waals surface area contributed by atoms with Gasteiger partial charge in [-0.05, 0) is 25.8 Å². The van der Waals surface area contributed by atoms with Gasteiger partial charge in [-0.1, -0.05) is 22.9 Å². The van der Waals surface area contributed by atoms with Crippen LogP contribution in [0.15, 0.2) is 16.7 Å². The topological polar surface area (TPSA) is 42.2 Å². The highest BCUT2D eigenvalue weighted by Gasteiger charge is 2.11. The van der Waals surface area contributed by atoms with Crippen LogP contribution in [0.3, 0.4) is 0 Å². The molecule has 1 amide bonds. The maximum atomic E-state index is 11.6. The molecule has 0 aliphatic heterocycles. The Hall–Kier alpha value is -0.770. The molecule has 0 aromatic carbocycles. The number of hydrogen-bond donors (Lipinski definition) is 1. The van der Waals surface area contributed by atoms with E-state index < -0.39 is 0 Å². The van der Waals surface area contributed by atoms with Crippen LogP contribution in [0.2, 0.25) is 0 Å². The third kappa shape index (κ3) is 3.70. The second-order valence-corrected chi connectivity index (χ2v) is 4.78. The van der Waals surface area contributed by atoms with Crippen molar-refractivity contribution in [3.05, 3.63) is 23.7 Å². The molecule has 1 rings (SSSR count). The molecule has 1 atom stereocenters. The zero-order valence-electron chi connectivity index (χ0n) is 9.05. The lowest BCUT2D eigenvalue weighted by atomic mass is 10.2. The molecule has 1 unspecified atom stereocenters. The van der Waals surface area contributed by atoms with Crippen molar-refractivity contribution in [3.63, 3.8) is 0 Å². The maximum absolute atomic E-state index is 11.6. The number of rotatable bonds is 5. The number of furan rings is 1. The van der Waals surface area contributed by atoms with Gasteiger partial charge >= 0.3 is 0 Å². The quantitative estimate of drug-likeness (QED) is 0.839. The van der Waals surface area contributed by atoms with Crippen molar-refractivity contribution < 1.29 is 9.21 Å². The first kappa shape index (κ1) is 12.3. The average molecular weight is 274 g/mol. The van der Waals surface area contributed by atoms with Crippen LogP contribution in [-0.2, 0) is 0 Å². The van der Waals surface area contributed by atoms with Crippen LogP contribution >= 0.6 is 15.9 Å². The molecule has 0 aliphatic rings. The van der Waals surface area contributed by atoms with Crippen molar-refractivity contribution in [2.24, 2.45) is 0 Å². The van der Waals surface area contributed by atoms with Crippen molar-refractivity contribution in [1.82, 2.24) is 5.32 Å². The van der Waals surface area contributed by atoms with Gasteiger partial charge in [0.25, 0.3) is 5.91 Å². The number of alkyl halides is 1. The smallest absolute Gasteiger partial charge is 0.287 e. The fourth-order valence-corrected chi connectivity index (χ4v) is 1.46. The summed E-state index contributed by atoms with van der Waals surface area (Å²) in [6.45, 7) is 4.64. The Labute approximate surface area is 98.4 Å². The highest BCUT2D eigenvalue weighted by molar-refractivity contribution is 9.09. The van der Waals surface area contributed by atoms with Crippen molar-refractivity contribution >= 4 is 21.8 Å². The summed E-state index contributed by atoms with van der Waals surface area (Å²) in [6, 6.07) is 1.79. The summed E-state index contributed by atoms with van der Waals surface area (Å²) in [5, 5.41) is 2.83. The van der Waals surface area contributed by atoms with Crippen LogP contribution in [0.5, 0.6) is 0 Å². The molecule has 1 aromatic rings. The second kappa shape index (κ2) is 5.95. The van der Waals surface area contributed by atoms with E-state index in [9.17, 15) is 4.79 Å². The van der Waals surface area contributed by atoms with Crippen LogP contribution in [-0.4, -0.2) is 17.3 Å². The average Bonchev–Trinajstić information content (AvgIpc) is 2.64. The summed E-state index contributed by atoms with van der Waals surface area (Å²) in [5.41, 5.74) is 0.874. The third-order valence-electron chi connectivity index (χ3n) is 2.25. The summed E-state index contributed by atoms with van der Waals surface area (Å²) in [6.07, 6.45) is 3.53. The number of halogens is 1. The number of nitrogens with one attached hydrogen (secondary N) is 1. The molecule has 0 saturated heterocycles. The molecule has 1 N–H and O–H groups in total. The van der Waals surface area contributed by atoms with Gasteiger partial charge in [-0.3, -0.25) is 4.79 Å². The molecule has 0 saturated carbocycles. The largest absolute Gasteiger partial charge is 0.459 e. The lowest BCUT2D eigenvalue weighted by Crippen LogP contribution is -2.26. The minimum atomic E-state index is -0.131. The summed E-state index contributed by atoms with van der Waals surface area (Å²) < 4.78 is 5.09. The van der Waals surface area contributed by atoms with Gasteiger partial charge in [0.15, 0.2) is 5.76 Å². The first-order valence-corrected chi connectivity index (χ1v) is 6.03. The fourth-order valence-electron chi connectivity index (χ4n) is 1.23. The standard InChI is InChI=1S/C11H16BrNO2/c1-3-9(12)4-6-13-11(14)10-8(2)5-7-15-10/h5,7,9H,3-4,6H2,1-2H3,(H,13,14). The highest BCUT2D eigenvalue weighted by atomic mass is 79.9. The summed E-state index contributed by atoms with van der Waals surface area (Å²) in [7, 11) is 0. The zero-order valence-corrected chi connectivity index (χ0v) is 10.6. The monoisotopic (exact) mass is 273 g/mol. The van der Waals surface area contributed by atoms with Crippen molar-refractivity contribution in [2.75, 3.05) is 6.54 Å². The molecule has 3 nitrogen and oxygen atoms in total. The molecular weight excluding hydrogens is 258 g/mol. The Balaban J connectivity index is 2.34. The molecule has 15 heavy (non-hydrogen) atoms. The maximum Gasteiger partial charge on any atom is 0.287 e. The first-order valence-electron chi connectivity index (χ1n) is 5.11. The van der Waals surface area contributed by atoms with E-state index in [0.717, 1.165) is 18.4 Å². The number of carbonyl (C=O) groups is 1. The van der Waals surface area contributed by atoms with Crippen LogP contribution in [0.4, 0.5) is 0 Å². The Bertz CT molecular complexity index is 322. The molecule has 84 valence electrons. The molecular formula is C11H16BrNO2. The van der Waals surface area contributed by atoms with E-state index in [2.05, 4.69) is 28.2 Å². The lowest BCUT2D eigenvalue weighted by molar-refractivity contribution is 0.0924. The highest BCUT2D eigenvalue weighted by Crippen LogP contribution is 2.10. The van der Waals surface area contributed by atoms with Gasteiger partial charge < -0.3 is 9.73 Å². The van der Waals surface area contributed by atoms with E-state index in [0.29, 0.717) is 17.1 Å². The fraction of sp³-hybridized carbons (Fsp3) is 0.545. The van der Waals surface area contributed by atoms with Gasteiger partial charge in [-0.25, -0.2) is 0 Å². The van der Waals surface area contributed by atoms with Crippen molar-refractivity contribution in [2.45, 2.75) is 31.5 Å². The SMILES string of the molecule is CCC(Br)CCNC(=O)c1occc1C. The van der Waals surface area contributed by atoms with Crippen molar-refractivity contribution in [3.8, 4) is 0 Å². The molecule has 0 aliphatic carbocycles. The molecule has 0 bridgehead atoms. The van der Waals surface area contributed by atoms with E-state index in [1.807, 2.05) is 6.92 Å². The summed E-state index contributed by atoms with van der Waals surface area (Å²) >= 11 is 3.52. The lowest BCUT2D eigenvalue weighted by Gasteiger charge is -2.07. The van der Waals surface area contributed by atoms with E-state index in [1.54, 1.807) is 6.07 Å². The van der Waals surface area contributed by atoms with Crippen LogP contribution in [0.1, 0.15) is 35.9 Å². The van der Waals surface area contributed by atoms with Gasteiger partial charge in [0.2, 0.25) is 0 Å². The second-order valence-electron chi connectivity index (χ2n) is 3.48. The molecule has 0 radical (unpaired) electrons. The van der Waals surface area contributed by atoms with E-state index in [-0.39, 0.29) is 5.91 Å². The Morgan fingerprint density at radius 3 is 2.93 bits per heavy atom. The van der Waals surface area contributed by atoms with Crippen molar-refractivity contribution in [1.29, 1.82) is 0 Å². The number of carbonyl (C=O) groups excluding carboxylic acids is 1. The van der Waals surface area contributed by atoms with Gasteiger partial charge in [0.05, 0.1) is 6.26 Å². The predicted octanol–water partition coefficient (Wildman–Crippen LogP) is 2.88. The Morgan fingerprint density at radius 2 is 2.40 bits per heavy atom. The van der Waals surface area contributed by atoms with Crippen LogP contribution in [0, 0.1) is 6.92 Å². The molecule has 0 fully saturated rings. The molecule has 0 spiro atoms. The molecule has 1 aromatic heterocycles. The van der Waals surface area contributed by atoms with Gasteiger partial charge in [-0.15, -0.1) is 0 Å². The zero-order chi connectivity index (χ0) is 11.3. The number of aryl methyl sites for hydroxylation is 1. The Kier molecular flexibility index (Phi) is 4.88. The normalized spacial score (nSPS) is 12.5. The third-order valence-corrected chi connectivity index (χ3v) is 3.36. The molecule has 1 heterocycles. The van der Waals surface area contributed by atoms with E-state index >= 15 is 0 Å². The molecule has 4 heteroatoms. The predicted molar refractivity (Wildman–Crippen MR) is 63.4 cm³/mol. The van der Waals surface area contributed by atoms with E-state index in [4.69, 9.17) is 4.42 Å². The Morgan fingerprint density at radius 1 is 1.67 bits per heavy atom. The summed E-state index contributed by atoms with van der Waals surface area (Å²) in [4.78, 5) is 12.0. The number of amides is 1. The van der Waals surface area contributed by atoms with Crippen LogP contribution < -0.4 is 5.32 Å². The van der Waals surface area contributed by atoms with E-state index in [1.165, 1.54) is 6.26 Å². The first-order chi connectivity index (χ1) is 7.15. The number of hydrogen-bond acceptors (Lipinski definition) is 2. The van der Waals surface area contributed by atoms with Gasteiger partial charge in [-0.2, -0.15) is 0 Å². The minimum absolute atomic E-state index is 0.131. The van der Waals surface area contributed by atoms with Gasteiger partial charge in [0, 0.05) is 16.9 Å². The summed E-state index contributed by atoms with van der Waals surface area (Å²) in [5.74, 6) is 0.283. The van der Waals surface area contributed by atoms with Crippen LogP contribution in [0.25, 0.3) is 0 Å².